The zero-order valence-corrected chi connectivity index (χ0v) is 23.1. The van der Waals surface area contributed by atoms with Crippen LogP contribution in [-0.2, 0) is 15.6 Å². The minimum Gasteiger partial charge on any atom is -0.504 e. The Morgan fingerprint density at radius 3 is 2.40 bits per heavy atom. The maximum atomic E-state index is 13.9. The van der Waals surface area contributed by atoms with Crippen molar-refractivity contribution in [2.24, 2.45) is 16.7 Å². The number of Topliss-reactive ketones (excluding diaryl/α,β-unsaturated/α-hetero) is 1. The third-order valence-electron chi connectivity index (χ3n) is 12.4. The summed E-state index contributed by atoms with van der Waals surface area (Å²) in [4.78, 5) is 16.5. The van der Waals surface area contributed by atoms with Crippen molar-refractivity contribution in [3.63, 3.8) is 0 Å². The smallest absolute Gasteiger partial charge is 0.487 e. The number of ether oxygens (including phenoxy) is 1. The van der Waals surface area contributed by atoms with E-state index in [4.69, 9.17) is 14.1 Å². The van der Waals surface area contributed by atoms with Crippen molar-refractivity contribution >= 4 is 5.78 Å². The molecule has 192 valence electrons. The number of likely N-dealkylation sites (tertiary alicyclic amines) is 1. The molecular weight excluding hydrogens is 438 g/mol. The number of phenols is 1. The van der Waals surface area contributed by atoms with E-state index in [0.29, 0.717) is 23.8 Å². The molecule has 6 rings (SSSR count). The molecule has 3 N–H and O–H groups in total. The van der Waals surface area contributed by atoms with Crippen LogP contribution in [0.25, 0.3) is 0 Å². The lowest BCUT2D eigenvalue weighted by Gasteiger charge is -2.72. The number of rotatable bonds is 4. The molecule has 0 radical (unpaired) electrons. The standard InChI is InChI=1S/C30H43NO4/c1-14-13-28(14,10)18(5)31-17(4)27(8,9)30-21-20-15(2)16(3)22(33)23(21)35-24(30)19(32)11-12-29(30,34)25(31)26(20,6)7/h14,17-18,24-25,33-34H,11-13H2,1-10H3/p+1/t14?,17?,18?,24-,25+,28?,29+,30-/m0/s1/i34D/hD2. The van der Waals surface area contributed by atoms with E-state index in [9.17, 15) is 4.79 Å². The molecule has 0 aromatic heterocycles. The van der Waals surface area contributed by atoms with Gasteiger partial charge in [-0.25, -0.2) is 0 Å². The molecule has 3 aliphatic carbocycles. The molecule has 2 heterocycles. The fourth-order valence-corrected chi connectivity index (χ4v) is 9.85. The van der Waals surface area contributed by atoms with Gasteiger partial charge in [0.1, 0.15) is 5.41 Å². The fraction of sp³-hybridized carbons (Fsp3) is 0.767. The first-order valence-corrected chi connectivity index (χ1v) is 13.5. The molecule has 5 nitrogen and oxygen atoms in total. The number of phenolic OH excluding ortho intramolecular Hbond substituents is 1. The van der Waals surface area contributed by atoms with Gasteiger partial charge in [0.2, 0.25) is 0 Å². The molecule has 0 amide bonds. The number of carbonyl (C=O) groups excluding carboxylic acids is 1. The lowest BCUT2D eigenvalue weighted by Crippen LogP contribution is -2.87. The van der Waals surface area contributed by atoms with Crippen LogP contribution in [0.2, 0.25) is 0 Å². The van der Waals surface area contributed by atoms with Crippen molar-refractivity contribution in [3.05, 3.63) is 22.3 Å². The number of nitrogens with zero attached hydrogens (tertiary/aromatic N) is 1. The predicted molar refractivity (Wildman–Crippen MR) is 138 cm³/mol. The van der Waals surface area contributed by atoms with Gasteiger partial charge in [-0.3, -0.25) is 9.69 Å². The van der Waals surface area contributed by atoms with Crippen molar-refractivity contribution in [1.29, 1.82) is 4.29 Å². The van der Waals surface area contributed by atoms with E-state index in [0.717, 1.165) is 28.7 Å². The highest BCUT2D eigenvalue weighted by Crippen LogP contribution is 2.75. The zero-order valence-electron chi connectivity index (χ0n) is 26.1. The van der Waals surface area contributed by atoms with Crippen molar-refractivity contribution in [2.45, 2.75) is 129 Å². The van der Waals surface area contributed by atoms with Gasteiger partial charge in [0, 0.05) is 41.3 Å². The number of benzene rings is 1. The molecule has 2 bridgehead atoms. The Balaban J connectivity index is 1.81. The van der Waals surface area contributed by atoms with Gasteiger partial charge in [-0.05, 0) is 62.1 Å². The van der Waals surface area contributed by atoms with E-state index in [2.05, 4.69) is 67.2 Å². The third-order valence-corrected chi connectivity index (χ3v) is 12.4. The van der Waals surface area contributed by atoms with E-state index in [1.165, 1.54) is 0 Å². The summed E-state index contributed by atoms with van der Waals surface area (Å²) >= 11 is 0. The third kappa shape index (κ3) is 2.17. The first-order chi connectivity index (χ1) is 17.5. The topological polar surface area (TPSA) is 72.7 Å². The molecule has 1 spiro atoms. The van der Waals surface area contributed by atoms with Crippen LogP contribution >= 0.6 is 0 Å². The van der Waals surface area contributed by atoms with Gasteiger partial charge >= 0.3 is 2.86 Å². The molecule has 3 fully saturated rings. The summed E-state index contributed by atoms with van der Waals surface area (Å²) < 4.78 is 32.9. The number of piperidine rings is 1. The highest BCUT2D eigenvalue weighted by molar-refractivity contribution is 5.91. The van der Waals surface area contributed by atoms with Crippen molar-refractivity contribution in [2.75, 3.05) is 0 Å². The van der Waals surface area contributed by atoms with Crippen LogP contribution in [-0.4, -0.2) is 55.0 Å². The van der Waals surface area contributed by atoms with E-state index < -0.39 is 27.9 Å². The van der Waals surface area contributed by atoms with Crippen LogP contribution in [0.1, 0.15) is 96.9 Å². The summed E-state index contributed by atoms with van der Waals surface area (Å²) in [5, 5.41) is 7.27. The normalized spacial score (nSPS) is 46.3. The first-order valence-electron chi connectivity index (χ1n) is 14.8. The van der Waals surface area contributed by atoms with Gasteiger partial charge in [0.25, 0.3) is 1.43 Å². The minimum atomic E-state index is -1.08. The van der Waals surface area contributed by atoms with E-state index >= 15 is 0 Å². The van der Waals surface area contributed by atoms with E-state index in [-0.39, 0.29) is 35.7 Å². The SMILES string of the molecule is [2H]Oc1c(C)c(C)c2c3c1O[C@H]1C(=O)CC[C@@]4([O+]([2H])[2H])[C@H](N(C(C)C5(C)CC5C)C(C)C(C)(C)[C@]314)C2(C)C. The molecule has 2 aliphatic heterocycles. The van der Waals surface area contributed by atoms with Gasteiger partial charge in [-0.2, -0.15) is 0 Å². The predicted octanol–water partition coefficient (Wildman–Crippen LogP) is 4.66. The Labute approximate surface area is 214 Å². The molecule has 1 aromatic carbocycles. The molecule has 8 atom stereocenters. The molecule has 5 heteroatoms. The Bertz CT molecular complexity index is 1260. The first kappa shape index (κ1) is 20.5. The summed E-state index contributed by atoms with van der Waals surface area (Å²) in [6.45, 7) is 22.3. The molecule has 4 unspecified atom stereocenters. The van der Waals surface area contributed by atoms with Gasteiger partial charge in [0.05, 0.1) is 6.04 Å². The van der Waals surface area contributed by atoms with Crippen LogP contribution in [0, 0.1) is 30.6 Å². The second kappa shape index (κ2) is 6.27. The lowest BCUT2D eigenvalue weighted by atomic mass is 9.36. The second-order valence-corrected chi connectivity index (χ2v) is 14.1. The molecule has 35 heavy (non-hydrogen) atoms. The number of hydrogen-bond acceptors (Lipinski definition) is 4. The van der Waals surface area contributed by atoms with Crippen LogP contribution in [0.5, 0.6) is 11.5 Å². The van der Waals surface area contributed by atoms with Crippen molar-refractivity contribution in [1.82, 2.24) is 4.90 Å². The molecule has 1 saturated heterocycles. The van der Waals surface area contributed by atoms with Crippen molar-refractivity contribution in [3.8, 4) is 11.5 Å². The summed E-state index contributed by atoms with van der Waals surface area (Å²) in [6, 6.07) is 0.0387. The summed E-state index contributed by atoms with van der Waals surface area (Å²) in [6.07, 6.45) is 0.967. The highest BCUT2D eigenvalue weighted by Gasteiger charge is 2.86. The van der Waals surface area contributed by atoms with Gasteiger partial charge in [-0.1, -0.05) is 41.5 Å². The maximum absolute atomic E-state index is 13.9. The molecular formula is C30H44NO4+. The monoisotopic (exact) mass is 485 g/mol. The Morgan fingerprint density at radius 2 is 1.83 bits per heavy atom. The Kier molecular flexibility index (Phi) is 3.67. The fourth-order valence-electron chi connectivity index (χ4n) is 9.85. The van der Waals surface area contributed by atoms with E-state index in [1.807, 2.05) is 12.0 Å². The maximum Gasteiger partial charge on any atom is 0.487 e. The number of ketones is 1. The summed E-state index contributed by atoms with van der Waals surface area (Å²) in [7, 11) is 0. The Morgan fingerprint density at radius 1 is 1.17 bits per heavy atom. The van der Waals surface area contributed by atoms with Crippen LogP contribution in [0.15, 0.2) is 0 Å². The van der Waals surface area contributed by atoms with Gasteiger partial charge < -0.3 is 15.0 Å². The summed E-state index contributed by atoms with van der Waals surface area (Å²) in [5.41, 5.74) is 1.00. The summed E-state index contributed by atoms with van der Waals surface area (Å²) in [5.74, 6) is 1.45. The number of hydrogen-bond donors (Lipinski definition) is 1. The highest BCUT2D eigenvalue weighted by atomic mass is 16.5. The minimum absolute atomic E-state index is 0.0134. The molecule has 1 aromatic rings. The van der Waals surface area contributed by atoms with Gasteiger partial charge in [-0.15, -0.1) is 0 Å². The van der Waals surface area contributed by atoms with Crippen LogP contribution < -0.4 is 4.74 Å². The average molecular weight is 486 g/mol. The number of carbonyl (C=O) groups is 1. The van der Waals surface area contributed by atoms with Crippen LogP contribution in [0.4, 0.5) is 0 Å². The van der Waals surface area contributed by atoms with Crippen molar-refractivity contribution < 1.29 is 19.8 Å². The van der Waals surface area contributed by atoms with Crippen LogP contribution in [0.3, 0.4) is 0 Å². The zero-order chi connectivity index (χ0) is 28.1. The van der Waals surface area contributed by atoms with E-state index in [1.54, 1.807) is 0 Å². The molecule has 5 aliphatic rings. The lowest BCUT2D eigenvalue weighted by molar-refractivity contribution is -0.267. The Hall–Kier alpha value is -1.59. The molecule has 2 saturated carbocycles. The van der Waals surface area contributed by atoms with Gasteiger partial charge in [0.15, 0.2) is 29.0 Å². The quantitative estimate of drug-likeness (QED) is 0.630. The largest absolute Gasteiger partial charge is 0.504 e. The average Bonchev–Trinajstić information content (AvgIpc) is 3.28. The number of aromatic hydroxyl groups is 1. The second-order valence-electron chi connectivity index (χ2n) is 14.1.